The summed E-state index contributed by atoms with van der Waals surface area (Å²) in [6.45, 7) is 5.40. The van der Waals surface area contributed by atoms with Gasteiger partial charge in [-0.25, -0.2) is 4.98 Å². The Kier molecular flexibility index (Phi) is 3.68. The van der Waals surface area contributed by atoms with Crippen LogP contribution in [-0.4, -0.2) is 22.6 Å². The molecule has 5 rings (SSSR count). The fraction of sp³-hybridized carbons (Fsp3) is 0.474. The molecule has 0 saturated carbocycles. The Hall–Kier alpha value is -2.10. The van der Waals surface area contributed by atoms with Gasteiger partial charge in [-0.15, -0.1) is 0 Å². The zero-order valence-corrected chi connectivity index (χ0v) is 13.9. The summed E-state index contributed by atoms with van der Waals surface area (Å²) in [6.07, 6.45) is 5.46. The van der Waals surface area contributed by atoms with Crippen LogP contribution >= 0.6 is 0 Å². The van der Waals surface area contributed by atoms with E-state index in [1.807, 2.05) is 12.3 Å². The van der Waals surface area contributed by atoms with Gasteiger partial charge in [-0.3, -0.25) is 0 Å². The molecule has 3 atom stereocenters. The highest BCUT2D eigenvalue weighted by Crippen LogP contribution is 2.47. The van der Waals surface area contributed by atoms with Crippen LogP contribution < -0.4 is 10.2 Å². The van der Waals surface area contributed by atoms with Gasteiger partial charge in [0.05, 0.1) is 6.04 Å². The van der Waals surface area contributed by atoms with Gasteiger partial charge >= 0.3 is 0 Å². The first-order valence-electron chi connectivity index (χ1n) is 8.71. The lowest BCUT2D eigenvalue weighted by molar-refractivity contribution is 0.387. The van der Waals surface area contributed by atoms with Crippen LogP contribution in [0.3, 0.4) is 0 Å². The number of nitrogens with one attached hydrogen (secondary N) is 1. The van der Waals surface area contributed by atoms with Crippen molar-refractivity contribution in [2.45, 2.75) is 51.1 Å². The minimum absolute atomic E-state index is 0.392. The highest BCUT2D eigenvalue weighted by molar-refractivity contribution is 5.52. The van der Waals surface area contributed by atoms with Crippen molar-refractivity contribution in [2.75, 3.05) is 16.8 Å². The van der Waals surface area contributed by atoms with E-state index in [9.17, 15) is 0 Å². The van der Waals surface area contributed by atoms with E-state index < -0.39 is 0 Å². The van der Waals surface area contributed by atoms with Crippen LogP contribution in [0.5, 0.6) is 0 Å². The lowest BCUT2D eigenvalue weighted by Gasteiger charge is -2.47. The first-order valence-corrected chi connectivity index (χ1v) is 8.71. The van der Waals surface area contributed by atoms with Gasteiger partial charge in [0.15, 0.2) is 0 Å². The van der Waals surface area contributed by atoms with Crippen molar-refractivity contribution in [3.8, 4) is 0 Å². The summed E-state index contributed by atoms with van der Waals surface area (Å²) in [6, 6.07) is 11.8. The van der Waals surface area contributed by atoms with Crippen LogP contribution in [0, 0.1) is 0 Å². The highest BCUT2D eigenvalue weighted by atomic mass is 15.3. The van der Waals surface area contributed by atoms with E-state index >= 15 is 0 Å². The summed E-state index contributed by atoms with van der Waals surface area (Å²) in [4.78, 5) is 11.6. The number of piperidine rings is 1. The number of aromatic nitrogens is 2. The Morgan fingerprint density at radius 3 is 2.87 bits per heavy atom. The smallest absolute Gasteiger partial charge is 0.224 e. The topological polar surface area (TPSA) is 41.1 Å². The van der Waals surface area contributed by atoms with Crippen molar-refractivity contribution in [1.82, 2.24) is 9.97 Å². The lowest BCUT2D eigenvalue weighted by Crippen LogP contribution is -2.43. The molecule has 120 valence electrons. The van der Waals surface area contributed by atoms with Crippen LogP contribution in [0.1, 0.15) is 56.2 Å². The van der Waals surface area contributed by atoms with Gasteiger partial charge in [0, 0.05) is 24.7 Å². The molecule has 4 nitrogen and oxygen atoms in total. The third kappa shape index (κ3) is 2.56. The monoisotopic (exact) mass is 308 g/mol. The molecule has 1 aromatic carbocycles. The van der Waals surface area contributed by atoms with Gasteiger partial charge in [-0.2, -0.15) is 4.98 Å². The second-order valence-electron chi connectivity index (χ2n) is 6.76. The molecule has 2 aromatic rings. The molecule has 3 aliphatic rings. The lowest BCUT2D eigenvalue weighted by atomic mass is 9.75. The number of nitrogens with zero attached hydrogens (tertiary/aromatic N) is 3. The Labute approximate surface area is 138 Å². The third-order valence-corrected chi connectivity index (χ3v) is 5.30. The maximum atomic E-state index is 4.78. The Balaban J connectivity index is 1.64. The predicted octanol–water partition coefficient (Wildman–Crippen LogP) is 4.13. The van der Waals surface area contributed by atoms with E-state index in [4.69, 9.17) is 4.98 Å². The Morgan fingerprint density at radius 2 is 2.04 bits per heavy atom. The van der Waals surface area contributed by atoms with Gasteiger partial charge < -0.3 is 10.2 Å². The molecule has 1 aromatic heterocycles. The molecule has 0 amide bonds. The van der Waals surface area contributed by atoms with Crippen LogP contribution in [0.15, 0.2) is 36.5 Å². The van der Waals surface area contributed by atoms with Gasteiger partial charge in [-0.05, 0) is 43.4 Å². The van der Waals surface area contributed by atoms with Gasteiger partial charge in [0.2, 0.25) is 5.95 Å². The van der Waals surface area contributed by atoms with Crippen molar-refractivity contribution < 1.29 is 0 Å². The van der Waals surface area contributed by atoms with Gasteiger partial charge in [-0.1, -0.05) is 31.2 Å². The molecule has 4 heteroatoms. The number of rotatable bonds is 4. The Bertz CT molecular complexity index is 699. The molecule has 2 bridgehead atoms. The van der Waals surface area contributed by atoms with Gasteiger partial charge in [0.25, 0.3) is 0 Å². The third-order valence-electron chi connectivity index (χ3n) is 5.30. The second-order valence-corrected chi connectivity index (χ2v) is 6.76. The fourth-order valence-electron chi connectivity index (χ4n) is 3.89. The van der Waals surface area contributed by atoms with Crippen molar-refractivity contribution in [1.29, 1.82) is 0 Å². The van der Waals surface area contributed by atoms with Crippen molar-refractivity contribution in [3.05, 3.63) is 47.7 Å². The summed E-state index contributed by atoms with van der Waals surface area (Å²) >= 11 is 0. The molecule has 1 saturated heterocycles. The van der Waals surface area contributed by atoms with E-state index in [1.54, 1.807) is 5.56 Å². The van der Waals surface area contributed by atoms with E-state index in [0.717, 1.165) is 24.7 Å². The molecule has 0 spiro atoms. The highest BCUT2D eigenvalue weighted by Gasteiger charge is 2.38. The zero-order valence-electron chi connectivity index (χ0n) is 13.9. The van der Waals surface area contributed by atoms with Crippen molar-refractivity contribution >= 4 is 11.8 Å². The molecule has 3 heterocycles. The van der Waals surface area contributed by atoms with Crippen molar-refractivity contribution in [3.63, 3.8) is 0 Å². The van der Waals surface area contributed by atoms with E-state index in [2.05, 4.69) is 53.3 Å². The van der Waals surface area contributed by atoms with Crippen molar-refractivity contribution in [2.24, 2.45) is 0 Å². The maximum Gasteiger partial charge on any atom is 0.224 e. The quantitative estimate of drug-likeness (QED) is 0.922. The summed E-state index contributed by atoms with van der Waals surface area (Å²) in [5, 5.41) is 3.39. The average Bonchev–Trinajstić information content (AvgIpc) is 2.62. The second kappa shape index (κ2) is 5.84. The number of hydrogen-bond acceptors (Lipinski definition) is 4. The normalized spacial score (nSPS) is 23.5. The summed E-state index contributed by atoms with van der Waals surface area (Å²) in [5.41, 5.74) is 3.04. The first-order chi connectivity index (χ1) is 11.3. The molecule has 2 aliphatic heterocycles. The van der Waals surface area contributed by atoms with E-state index in [0.29, 0.717) is 18.0 Å². The molecule has 1 fully saturated rings. The average molecular weight is 308 g/mol. The van der Waals surface area contributed by atoms with Crippen LogP contribution in [0.2, 0.25) is 0 Å². The molecule has 0 unspecified atom stereocenters. The summed E-state index contributed by atoms with van der Waals surface area (Å²) in [7, 11) is 0. The van der Waals surface area contributed by atoms with Crippen LogP contribution in [0.25, 0.3) is 0 Å². The molecular formula is C19H24N4. The maximum absolute atomic E-state index is 4.78. The minimum Gasteiger partial charge on any atom is -0.352 e. The Morgan fingerprint density at radius 1 is 1.22 bits per heavy atom. The molecule has 1 aliphatic carbocycles. The largest absolute Gasteiger partial charge is 0.352 e. The molecule has 1 N–H and O–H groups in total. The zero-order chi connectivity index (χ0) is 15.8. The number of benzene rings is 1. The number of fused-ring (bicyclic) bond motifs is 2. The first kappa shape index (κ1) is 14.5. The van der Waals surface area contributed by atoms with Crippen LogP contribution in [0.4, 0.5) is 11.8 Å². The van der Waals surface area contributed by atoms with E-state index in [1.165, 1.54) is 18.4 Å². The van der Waals surface area contributed by atoms with Gasteiger partial charge in [0.1, 0.15) is 5.82 Å². The SMILES string of the molecule is CC[C@H](C)Nc1nccc(N2C[C@H]3CC[C@H]2c2ccccc23)n1. The van der Waals surface area contributed by atoms with Crippen LogP contribution in [-0.2, 0) is 0 Å². The fourth-order valence-corrected chi connectivity index (χ4v) is 3.89. The molecule has 0 radical (unpaired) electrons. The predicted molar refractivity (Wildman–Crippen MR) is 93.9 cm³/mol. The minimum atomic E-state index is 0.392. The number of anilines is 2. The molecular weight excluding hydrogens is 284 g/mol. The molecule has 23 heavy (non-hydrogen) atoms. The summed E-state index contributed by atoms with van der Waals surface area (Å²) in [5.74, 6) is 2.43. The van der Waals surface area contributed by atoms with E-state index in [-0.39, 0.29) is 0 Å². The number of hydrogen-bond donors (Lipinski definition) is 1. The summed E-state index contributed by atoms with van der Waals surface area (Å²) < 4.78 is 0. The standard InChI is InChI=1S/C19H24N4/c1-3-13(2)21-19-20-11-10-18(22-19)23-12-14-8-9-17(23)16-7-5-4-6-15(14)16/h4-7,10-11,13-14,17H,3,8-9,12H2,1-2H3,(H,20,21,22)/t13-,14+,17-/m0/s1.